The average molecular weight is 255 g/mol. The number of carbonyl (C=O) groups is 2. The second-order valence-electron chi connectivity index (χ2n) is 4.79. The first-order valence-corrected chi connectivity index (χ1v) is 6.90. The Morgan fingerprint density at radius 2 is 2.17 bits per heavy atom. The highest BCUT2D eigenvalue weighted by Gasteiger charge is 2.23. The molecule has 2 atom stereocenters. The van der Waals surface area contributed by atoms with E-state index in [9.17, 15) is 9.59 Å². The fraction of sp³-hybridized carbons (Fsp3) is 0.846. The summed E-state index contributed by atoms with van der Waals surface area (Å²) in [4.78, 5) is 25.4. The van der Waals surface area contributed by atoms with Crippen LogP contribution in [0.4, 0.5) is 0 Å². The van der Waals surface area contributed by atoms with Crippen molar-refractivity contribution < 1.29 is 9.59 Å². The van der Waals surface area contributed by atoms with Gasteiger partial charge in [0.1, 0.15) is 0 Å². The summed E-state index contributed by atoms with van der Waals surface area (Å²) in [6.45, 7) is 8.04. The number of amides is 2. The van der Waals surface area contributed by atoms with Crippen LogP contribution in [0.25, 0.3) is 0 Å². The molecule has 18 heavy (non-hydrogen) atoms. The molecule has 0 aromatic rings. The van der Waals surface area contributed by atoms with Crippen LogP contribution >= 0.6 is 0 Å². The fourth-order valence-corrected chi connectivity index (χ4v) is 2.35. The summed E-state index contributed by atoms with van der Waals surface area (Å²) >= 11 is 0. The number of nitrogens with one attached hydrogen (secondary N) is 2. The van der Waals surface area contributed by atoms with Crippen molar-refractivity contribution in [1.82, 2.24) is 15.5 Å². The molecule has 1 aliphatic heterocycles. The summed E-state index contributed by atoms with van der Waals surface area (Å²) in [6, 6.07) is -0.109. The zero-order chi connectivity index (χ0) is 13.5. The van der Waals surface area contributed by atoms with E-state index in [1.807, 2.05) is 25.7 Å². The van der Waals surface area contributed by atoms with Crippen LogP contribution < -0.4 is 10.6 Å². The van der Waals surface area contributed by atoms with Crippen molar-refractivity contribution in [2.24, 2.45) is 0 Å². The molecule has 0 aliphatic carbocycles. The van der Waals surface area contributed by atoms with Gasteiger partial charge in [-0.2, -0.15) is 0 Å². The molecule has 1 heterocycles. The van der Waals surface area contributed by atoms with Gasteiger partial charge in [0, 0.05) is 32.1 Å². The predicted molar refractivity (Wildman–Crippen MR) is 71.2 cm³/mol. The first-order valence-electron chi connectivity index (χ1n) is 6.90. The topological polar surface area (TPSA) is 61.4 Å². The first-order chi connectivity index (χ1) is 8.58. The van der Waals surface area contributed by atoms with Crippen molar-refractivity contribution >= 4 is 11.8 Å². The van der Waals surface area contributed by atoms with Gasteiger partial charge in [-0.3, -0.25) is 9.59 Å². The number of hydrogen-bond donors (Lipinski definition) is 2. The second kappa shape index (κ2) is 7.36. The van der Waals surface area contributed by atoms with Crippen molar-refractivity contribution in [1.29, 1.82) is 0 Å². The van der Waals surface area contributed by atoms with E-state index in [0.29, 0.717) is 6.42 Å². The molecular weight excluding hydrogens is 230 g/mol. The molecule has 5 heteroatoms. The zero-order valence-electron chi connectivity index (χ0n) is 11.7. The maximum absolute atomic E-state index is 12.1. The quantitative estimate of drug-likeness (QED) is 0.752. The average Bonchev–Trinajstić information content (AvgIpc) is 2.55. The van der Waals surface area contributed by atoms with Crippen molar-refractivity contribution in [3.63, 3.8) is 0 Å². The normalized spacial score (nSPS) is 21.9. The highest BCUT2D eigenvalue weighted by Crippen LogP contribution is 2.08. The molecule has 0 aromatic carbocycles. The van der Waals surface area contributed by atoms with E-state index in [2.05, 4.69) is 10.6 Å². The minimum Gasteiger partial charge on any atom is -0.356 e. The van der Waals surface area contributed by atoms with Crippen molar-refractivity contribution in [2.75, 3.05) is 19.6 Å². The van der Waals surface area contributed by atoms with Crippen molar-refractivity contribution in [3.05, 3.63) is 0 Å². The van der Waals surface area contributed by atoms with Crippen molar-refractivity contribution in [2.45, 2.75) is 52.1 Å². The molecule has 1 rings (SSSR count). The number of nitrogens with zero attached hydrogens (tertiary/aromatic N) is 1. The molecule has 104 valence electrons. The van der Waals surface area contributed by atoms with Gasteiger partial charge in [0.15, 0.2) is 0 Å². The maximum Gasteiger partial charge on any atom is 0.239 e. The molecule has 0 aromatic heterocycles. The minimum absolute atomic E-state index is 0.0764. The van der Waals surface area contributed by atoms with E-state index >= 15 is 0 Å². The lowest BCUT2D eigenvalue weighted by Crippen LogP contribution is -2.48. The van der Waals surface area contributed by atoms with Crippen molar-refractivity contribution in [3.8, 4) is 0 Å². The van der Waals surface area contributed by atoms with Crippen LogP contribution in [-0.2, 0) is 9.59 Å². The van der Waals surface area contributed by atoms with Gasteiger partial charge in [-0.15, -0.1) is 0 Å². The summed E-state index contributed by atoms with van der Waals surface area (Å²) < 4.78 is 0. The van der Waals surface area contributed by atoms with E-state index in [1.165, 1.54) is 0 Å². The Morgan fingerprint density at radius 1 is 1.50 bits per heavy atom. The van der Waals surface area contributed by atoms with E-state index in [0.717, 1.165) is 32.5 Å². The van der Waals surface area contributed by atoms with Crippen LogP contribution in [0.2, 0.25) is 0 Å². The van der Waals surface area contributed by atoms with Gasteiger partial charge in [-0.25, -0.2) is 0 Å². The molecule has 0 spiro atoms. The van der Waals surface area contributed by atoms with E-state index < -0.39 is 0 Å². The minimum atomic E-state index is -0.221. The van der Waals surface area contributed by atoms with Crippen LogP contribution in [0.3, 0.4) is 0 Å². The Morgan fingerprint density at radius 3 is 2.78 bits per heavy atom. The van der Waals surface area contributed by atoms with Crippen LogP contribution in [0, 0.1) is 0 Å². The third-order valence-corrected chi connectivity index (χ3v) is 3.41. The number of hydrogen-bond acceptors (Lipinski definition) is 3. The van der Waals surface area contributed by atoms with E-state index in [4.69, 9.17) is 0 Å². The molecule has 1 fully saturated rings. The third kappa shape index (κ3) is 4.29. The van der Waals surface area contributed by atoms with Gasteiger partial charge in [-0.1, -0.05) is 0 Å². The molecule has 2 unspecified atom stereocenters. The van der Waals surface area contributed by atoms with Gasteiger partial charge < -0.3 is 15.5 Å². The van der Waals surface area contributed by atoms with Gasteiger partial charge in [-0.05, 0) is 33.6 Å². The molecule has 0 radical (unpaired) electrons. The largest absolute Gasteiger partial charge is 0.356 e. The van der Waals surface area contributed by atoms with Gasteiger partial charge in [0.05, 0.1) is 6.04 Å². The van der Waals surface area contributed by atoms with Gasteiger partial charge in [0.2, 0.25) is 11.8 Å². The summed E-state index contributed by atoms with van der Waals surface area (Å²) in [5.41, 5.74) is 0. The highest BCUT2D eigenvalue weighted by atomic mass is 16.2. The smallest absolute Gasteiger partial charge is 0.239 e. The maximum atomic E-state index is 12.1. The third-order valence-electron chi connectivity index (χ3n) is 3.41. The lowest BCUT2D eigenvalue weighted by Gasteiger charge is -2.26. The molecular formula is C13H25N3O2. The zero-order valence-corrected chi connectivity index (χ0v) is 11.7. The van der Waals surface area contributed by atoms with E-state index in [-0.39, 0.29) is 23.9 Å². The Balaban J connectivity index is 2.49. The molecule has 1 saturated heterocycles. The molecule has 0 bridgehead atoms. The second-order valence-corrected chi connectivity index (χ2v) is 4.79. The van der Waals surface area contributed by atoms with E-state index in [1.54, 1.807) is 0 Å². The number of likely N-dealkylation sites (N-methyl/N-ethyl adjacent to an activating group) is 1. The molecule has 2 N–H and O–H groups in total. The Labute approximate surface area is 109 Å². The van der Waals surface area contributed by atoms with Crippen LogP contribution in [0.1, 0.15) is 40.0 Å². The molecule has 5 nitrogen and oxygen atoms in total. The number of carbonyl (C=O) groups excluding carboxylic acids is 2. The summed E-state index contributed by atoms with van der Waals surface area (Å²) in [6.07, 6.45) is 2.38. The monoisotopic (exact) mass is 255 g/mol. The van der Waals surface area contributed by atoms with Crippen LogP contribution in [0.15, 0.2) is 0 Å². The van der Waals surface area contributed by atoms with Gasteiger partial charge in [0.25, 0.3) is 0 Å². The molecule has 0 saturated carbocycles. The van der Waals surface area contributed by atoms with Crippen LogP contribution in [-0.4, -0.2) is 48.4 Å². The highest BCUT2D eigenvalue weighted by molar-refractivity contribution is 5.81. The number of rotatable bonds is 5. The lowest BCUT2D eigenvalue weighted by molar-refractivity contribution is -0.133. The first kappa shape index (κ1) is 15.0. The Kier molecular flexibility index (Phi) is 6.12. The molecule has 1 aliphatic rings. The Hall–Kier alpha value is -1.10. The van der Waals surface area contributed by atoms with Crippen LogP contribution in [0.5, 0.6) is 0 Å². The predicted octanol–water partition coefficient (Wildman–Crippen LogP) is 0.502. The lowest BCUT2D eigenvalue weighted by atomic mass is 10.1. The Bertz CT molecular complexity index is 290. The summed E-state index contributed by atoms with van der Waals surface area (Å²) in [5, 5.41) is 6.13. The van der Waals surface area contributed by atoms with Gasteiger partial charge >= 0.3 is 0 Å². The fourth-order valence-electron chi connectivity index (χ4n) is 2.35. The standard InChI is InChI=1S/C13H25N3O2/c1-4-16(5-2)13(18)10(3)15-11-7-6-8-14-12(17)9-11/h10-11,15H,4-9H2,1-3H3,(H,14,17). The summed E-state index contributed by atoms with van der Waals surface area (Å²) in [7, 11) is 0. The SMILES string of the molecule is CCN(CC)C(=O)C(C)NC1CCCNC(=O)C1. The summed E-state index contributed by atoms with van der Waals surface area (Å²) in [5.74, 6) is 0.192. The molecule has 2 amide bonds.